The first kappa shape index (κ1) is 18.6. The smallest absolute Gasteiger partial charge is 0.161 e. The van der Waals surface area contributed by atoms with Crippen molar-refractivity contribution < 1.29 is 0 Å². The molecule has 3 rings (SSSR count). The third-order valence-electron chi connectivity index (χ3n) is 6.14. The van der Waals surface area contributed by atoms with Gasteiger partial charge in [-0.05, 0) is 48.2 Å². The molecular weight excluding hydrogens is 344 g/mol. The van der Waals surface area contributed by atoms with Gasteiger partial charge in [0.25, 0.3) is 0 Å². The van der Waals surface area contributed by atoms with E-state index in [1.807, 2.05) is 6.07 Å². The highest BCUT2D eigenvalue weighted by Crippen LogP contribution is 2.44. The normalized spacial score (nSPS) is 18.2. The first-order chi connectivity index (χ1) is 11.7. The van der Waals surface area contributed by atoms with E-state index in [2.05, 4.69) is 61.5 Å². The summed E-state index contributed by atoms with van der Waals surface area (Å²) in [4.78, 5) is 0. The molecule has 1 aliphatic heterocycles. The number of hydrogen-bond donors (Lipinski definition) is 1. The minimum atomic E-state index is -1.79. The molecule has 1 N–H and O–H groups in total. The number of benzene rings is 1. The highest BCUT2D eigenvalue weighted by Gasteiger charge is 2.42. The Labute approximate surface area is 158 Å². The predicted octanol–water partition coefficient (Wildman–Crippen LogP) is 5.75. The molecule has 1 atom stereocenters. The first-order valence-electron chi connectivity index (χ1n) is 9.18. The van der Waals surface area contributed by atoms with Crippen LogP contribution < -0.4 is 5.32 Å². The van der Waals surface area contributed by atoms with Gasteiger partial charge in [0.15, 0.2) is 8.24 Å². The average Bonchev–Trinajstić information content (AvgIpc) is 2.86. The van der Waals surface area contributed by atoms with Gasteiger partial charge in [0, 0.05) is 34.1 Å². The van der Waals surface area contributed by atoms with Gasteiger partial charge in [0.1, 0.15) is 0 Å². The van der Waals surface area contributed by atoms with Gasteiger partial charge >= 0.3 is 0 Å². The lowest BCUT2D eigenvalue weighted by Crippen LogP contribution is -2.48. The van der Waals surface area contributed by atoms with E-state index in [1.54, 1.807) is 0 Å². The van der Waals surface area contributed by atoms with Gasteiger partial charge in [-0.15, -0.1) is 12.3 Å². The predicted molar refractivity (Wildman–Crippen MR) is 112 cm³/mol. The molecule has 4 heteroatoms. The molecule has 2 aromatic rings. The van der Waals surface area contributed by atoms with E-state index in [9.17, 15) is 0 Å². The lowest BCUT2D eigenvalue weighted by Gasteiger charge is -2.42. The first-order valence-corrected chi connectivity index (χ1v) is 12.5. The van der Waals surface area contributed by atoms with Crippen LogP contribution in [0.4, 0.5) is 0 Å². The highest BCUT2D eigenvalue weighted by molar-refractivity contribution is 6.79. The molecule has 0 bridgehead atoms. The number of aromatic nitrogens is 1. The molecule has 134 valence electrons. The Bertz CT molecular complexity index is 836. The molecule has 0 amide bonds. The zero-order valence-corrected chi connectivity index (χ0v) is 17.8. The van der Waals surface area contributed by atoms with Crippen molar-refractivity contribution >= 4 is 30.7 Å². The second-order valence-corrected chi connectivity index (χ2v) is 14.2. The maximum atomic E-state index is 6.35. The molecule has 0 spiro atoms. The third-order valence-corrected chi connectivity index (χ3v) is 11.6. The Balaban J connectivity index is 2.33. The third kappa shape index (κ3) is 3.05. The molecule has 1 aromatic heterocycles. The molecule has 0 radical (unpaired) electrons. The molecule has 2 heterocycles. The van der Waals surface area contributed by atoms with Crippen molar-refractivity contribution in [1.29, 1.82) is 0 Å². The van der Waals surface area contributed by atoms with Crippen molar-refractivity contribution in [3.63, 3.8) is 0 Å². The van der Waals surface area contributed by atoms with E-state index in [1.165, 1.54) is 22.2 Å². The summed E-state index contributed by atoms with van der Waals surface area (Å²) in [5, 5.41) is 6.13. The van der Waals surface area contributed by atoms with E-state index in [-0.39, 0.29) is 5.04 Å². The molecule has 0 saturated carbocycles. The Kier molecular flexibility index (Phi) is 4.83. The van der Waals surface area contributed by atoms with Crippen LogP contribution in [-0.4, -0.2) is 19.0 Å². The molecule has 25 heavy (non-hydrogen) atoms. The van der Waals surface area contributed by atoms with Crippen molar-refractivity contribution in [2.75, 3.05) is 6.54 Å². The number of nitrogens with zero attached hydrogens (tertiary/aromatic N) is 1. The number of halogens is 1. The molecule has 0 aliphatic carbocycles. The molecule has 1 aliphatic rings. The van der Waals surface area contributed by atoms with Crippen LogP contribution in [0.5, 0.6) is 0 Å². The minimum Gasteiger partial charge on any atom is -0.370 e. The van der Waals surface area contributed by atoms with Gasteiger partial charge < -0.3 is 9.55 Å². The largest absolute Gasteiger partial charge is 0.370 e. The highest BCUT2D eigenvalue weighted by atomic mass is 35.5. The van der Waals surface area contributed by atoms with Gasteiger partial charge in [-0.2, -0.15) is 0 Å². The van der Waals surface area contributed by atoms with Gasteiger partial charge in [-0.1, -0.05) is 45.5 Å². The van der Waals surface area contributed by atoms with Crippen LogP contribution in [0.1, 0.15) is 50.9 Å². The molecule has 0 fully saturated rings. The second-order valence-electron chi connectivity index (χ2n) is 8.67. The number of fused-ring (bicyclic) bond motifs is 3. The van der Waals surface area contributed by atoms with Gasteiger partial charge in [-0.3, -0.25) is 0 Å². The molecule has 0 saturated heterocycles. The summed E-state index contributed by atoms with van der Waals surface area (Å²) in [6.07, 6.45) is 8.41. The van der Waals surface area contributed by atoms with Crippen LogP contribution >= 0.6 is 11.6 Å². The molecule has 1 unspecified atom stereocenters. The van der Waals surface area contributed by atoms with E-state index < -0.39 is 8.24 Å². The van der Waals surface area contributed by atoms with Crippen LogP contribution in [0.15, 0.2) is 18.2 Å². The summed E-state index contributed by atoms with van der Waals surface area (Å²) >= 11 is 6.35. The lowest BCUT2D eigenvalue weighted by molar-refractivity contribution is 0.467. The standard InChI is InChI=1S/C21H29ClN2Si/c1-7-8-9-18-20-16(12-13-23-18)17-14-15(22)10-11-19(17)24(20)25(5,6)21(2,3)4/h1,10-11,14,18,23H,8-9,12-13H2,2-6H3. The van der Waals surface area contributed by atoms with E-state index in [0.29, 0.717) is 6.04 Å². The second kappa shape index (κ2) is 6.50. The van der Waals surface area contributed by atoms with E-state index in [4.69, 9.17) is 18.0 Å². The van der Waals surface area contributed by atoms with Crippen molar-refractivity contribution in [3.8, 4) is 12.3 Å². The van der Waals surface area contributed by atoms with Crippen LogP contribution in [0.2, 0.25) is 23.2 Å². The fourth-order valence-electron chi connectivity index (χ4n) is 3.85. The lowest BCUT2D eigenvalue weighted by atomic mass is 9.96. The number of nitrogens with one attached hydrogen (secondary N) is 1. The van der Waals surface area contributed by atoms with Crippen molar-refractivity contribution in [3.05, 3.63) is 34.5 Å². The van der Waals surface area contributed by atoms with Gasteiger partial charge in [-0.25, -0.2) is 0 Å². The molecular formula is C21H29ClN2Si. The molecule has 2 nitrogen and oxygen atoms in total. The van der Waals surface area contributed by atoms with Crippen LogP contribution in [-0.2, 0) is 6.42 Å². The summed E-state index contributed by atoms with van der Waals surface area (Å²) in [6, 6.07) is 6.74. The Hall–Kier alpha value is -1.21. The van der Waals surface area contributed by atoms with Crippen LogP contribution in [0.25, 0.3) is 10.9 Å². The Morgan fingerprint density at radius 3 is 2.72 bits per heavy atom. The van der Waals surface area contributed by atoms with E-state index >= 15 is 0 Å². The summed E-state index contributed by atoms with van der Waals surface area (Å²) < 4.78 is 2.70. The minimum absolute atomic E-state index is 0.250. The van der Waals surface area contributed by atoms with Crippen molar-refractivity contribution in [1.82, 2.24) is 9.55 Å². The summed E-state index contributed by atoms with van der Waals surface area (Å²) in [5.74, 6) is 2.82. The average molecular weight is 373 g/mol. The van der Waals surface area contributed by atoms with Crippen LogP contribution in [0.3, 0.4) is 0 Å². The maximum absolute atomic E-state index is 6.35. The maximum Gasteiger partial charge on any atom is 0.161 e. The topological polar surface area (TPSA) is 17.0 Å². The fourth-order valence-corrected chi connectivity index (χ4v) is 6.38. The summed E-state index contributed by atoms with van der Waals surface area (Å²) in [7, 11) is -1.79. The number of rotatable bonds is 3. The fraction of sp³-hybridized carbons (Fsp3) is 0.524. The zero-order chi connectivity index (χ0) is 18.4. The van der Waals surface area contributed by atoms with Crippen molar-refractivity contribution in [2.24, 2.45) is 0 Å². The summed E-state index contributed by atoms with van der Waals surface area (Å²) in [5.41, 5.74) is 4.28. The Morgan fingerprint density at radius 1 is 1.36 bits per heavy atom. The SMILES string of the molecule is C#CCCC1NCCc2c1n([Si](C)(C)C(C)(C)C)c1ccc(Cl)cc21. The van der Waals surface area contributed by atoms with Crippen LogP contribution in [0, 0.1) is 12.3 Å². The summed E-state index contributed by atoms with van der Waals surface area (Å²) in [6.45, 7) is 13.1. The van der Waals surface area contributed by atoms with Crippen molar-refractivity contribution in [2.45, 2.75) is 64.2 Å². The van der Waals surface area contributed by atoms with Gasteiger partial charge in [0.05, 0.1) is 0 Å². The number of terminal acetylenes is 1. The van der Waals surface area contributed by atoms with E-state index in [0.717, 1.165) is 30.8 Å². The Morgan fingerprint density at radius 2 is 2.08 bits per heavy atom. The molecule has 1 aromatic carbocycles. The number of hydrogen-bond acceptors (Lipinski definition) is 1. The van der Waals surface area contributed by atoms with Gasteiger partial charge in [0.2, 0.25) is 0 Å². The zero-order valence-electron chi connectivity index (χ0n) is 16.0. The quantitative estimate of drug-likeness (QED) is 0.536. The monoisotopic (exact) mass is 372 g/mol.